The highest BCUT2D eigenvalue weighted by Crippen LogP contribution is 2.14. The summed E-state index contributed by atoms with van der Waals surface area (Å²) in [6.45, 7) is -0.0120. The Hall–Kier alpha value is -2.43. The highest BCUT2D eigenvalue weighted by molar-refractivity contribution is 5.77. The zero-order valence-corrected chi connectivity index (χ0v) is 10.6. The highest BCUT2D eigenvalue weighted by atomic mass is 19.1. The fraction of sp³-hybridized carbons (Fsp3) is 0.133. The summed E-state index contributed by atoms with van der Waals surface area (Å²) in [5, 5.41) is 2.60. The molecule has 0 radical (unpaired) electrons. The van der Waals surface area contributed by atoms with Crippen LogP contribution in [0.5, 0.6) is 5.75 Å². The van der Waals surface area contributed by atoms with E-state index in [4.69, 9.17) is 4.74 Å². The lowest BCUT2D eigenvalue weighted by molar-refractivity contribution is -0.123. The van der Waals surface area contributed by atoms with Crippen LogP contribution in [0, 0.1) is 11.6 Å². The smallest absolute Gasteiger partial charge is 0.258 e. The molecule has 0 unspecified atom stereocenters. The average molecular weight is 277 g/mol. The van der Waals surface area contributed by atoms with Gasteiger partial charge in [-0.05, 0) is 29.8 Å². The van der Waals surface area contributed by atoms with E-state index in [-0.39, 0.29) is 30.6 Å². The molecule has 0 aliphatic rings. The molecule has 104 valence electrons. The first-order valence-corrected chi connectivity index (χ1v) is 6.03. The lowest BCUT2D eigenvalue weighted by Gasteiger charge is -2.08. The molecule has 0 spiro atoms. The van der Waals surface area contributed by atoms with E-state index in [2.05, 4.69) is 5.32 Å². The number of para-hydroxylation sites is 1. The molecule has 0 fully saturated rings. The molecule has 2 rings (SSSR count). The van der Waals surface area contributed by atoms with Crippen LogP contribution in [-0.2, 0) is 11.3 Å². The van der Waals surface area contributed by atoms with Crippen LogP contribution < -0.4 is 10.1 Å². The first-order valence-electron chi connectivity index (χ1n) is 6.03. The summed E-state index contributed by atoms with van der Waals surface area (Å²) in [5.41, 5.74) is 0.769. The second kappa shape index (κ2) is 6.65. The van der Waals surface area contributed by atoms with Crippen molar-refractivity contribution in [3.8, 4) is 5.75 Å². The van der Waals surface area contributed by atoms with Crippen LogP contribution in [0.3, 0.4) is 0 Å². The van der Waals surface area contributed by atoms with Crippen molar-refractivity contribution < 1.29 is 18.3 Å². The molecule has 0 atom stereocenters. The zero-order chi connectivity index (χ0) is 14.4. The molecular formula is C15H13F2NO2. The summed E-state index contributed by atoms with van der Waals surface area (Å²) in [6, 6.07) is 11.6. The number of amides is 1. The fourth-order valence-electron chi connectivity index (χ4n) is 1.56. The standard InChI is InChI=1S/C15H13F2NO2/c16-12-7-5-11(6-8-12)9-18-15(19)10-20-14-4-2-1-3-13(14)17/h1-8H,9-10H2,(H,18,19). The second-order valence-corrected chi connectivity index (χ2v) is 4.12. The summed E-state index contributed by atoms with van der Waals surface area (Å²) in [5.74, 6) is -1.19. The molecule has 0 aromatic heterocycles. The zero-order valence-electron chi connectivity index (χ0n) is 10.6. The first-order chi connectivity index (χ1) is 9.65. The second-order valence-electron chi connectivity index (χ2n) is 4.12. The van der Waals surface area contributed by atoms with Gasteiger partial charge >= 0.3 is 0 Å². The summed E-state index contributed by atoms with van der Waals surface area (Å²) < 4.78 is 31.0. The van der Waals surface area contributed by atoms with E-state index in [1.54, 1.807) is 18.2 Å². The molecule has 0 aliphatic heterocycles. The van der Waals surface area contributed by atoms with Crippen molar-refractivity contribution in [3.05, 3.63) is 65.7 Å². The van der Waals surface area contributed by atoms with Crippen molar-refractivity contribution in [2.24, 2.45) is 0 Å². The van der Waals surface area contributed by atoms with Gasteiger partial charge in [0.25, 0.3) is 5.91 Å². The third-order valence-electron chi connectivity index (χ3n) is 2.60. The fourth-order valence-corrected chi connectivity index (χ4v) is 1.56. The van der Waals surface area contributed by atoms with E-state index in [9.17, 15) is 13.6 Å². The van der Waals surface area contributed by atoms with Crippen LogP contribution in [0.25, 0.3) is 0 Å². The molecule has 0 saturated heterocycles. The van der Waals surface area contributed by atoms with Crippen molar-refractivity contribution in [1.82, 2.24) is 5.32 Å². The van der Waals surface area contributed by atoms with Crippen LogP contribution >= 0.6 is 0 Å². The summed E-state index contributed by atoms with van der Waals surface area (Å²) in [6.07, 6.45) is 0. The van der Waals surface area contributed by atoms with Crippen molar-refractivity contribution in [2.45, 2.75) is 6.54 Å². The molecule has 1 N–H and O–H groups in total. The molecule has 2 aromatic rings. The SMILES string of the molecule is O=C(COc1ccccc1F)NCc1ccc(F)cc1. The Kier molecular flexibility index (Phi) is 4.65. The molecule has 0 heterocycles. The largest absolute Gasteiger partial charge is 0.481 e. The van der Waals surface area contributed by atoms with Crippen LogP contribution in [0.4, 0.5) is 8.78 Å². The topological polar surface area (TPSA) is 38.3 Å². The van der Waals surface area contributed by atoms with Crippen LogP contribution in [0.15, 0.2) is 48.5 Å². The van der Waals surface area contributed by atoms with E-state index in [0.29, 0.717) is 0 Å². The number of nitrogens with one attached hydrogen (secondary N) is 1. The number of benzene rings is 2. The predicted octanol–water partition coefficient (Wildman–Crippen LogP) is 2.66. The van der Waals surface area contributed by atoms with Crippen LogP contribution in [0.1, 0.15) is 5.56 Å². The molecule has 0 saturated carbocycles. The van der Waals surface area contributed by atoms with Crippen molar-refractivity contribution in [1.29, 1.82) is 0 Å². The number of halogens is 2. The van der Waals surface area contributed by atoms with Gasteiger partial charge in [0, 0.05) is 6.54 Å². The third kappa shape index (κ3) is 4.05. The Morgan fingerprint density at radius 3 is 2.45 bits per heavy atom. The average Bonchev–Trinajstić information content (AvgIpc) is 2.46. The molecular weight excluding hydrogens is 264 g/mol. The van der Waals surface area contributed by atoms with Gasteiger partial charge in [0.1, 0.15) is 5.82 Å². The van der Waals surface area contributed by atoms with E-state index in [0.717, 1.165) is 5.56 Å². The lowest BCUT2D eigenvalue weighted by Crippen LogP contribution is -2.28. The quantitative estimate of drug-likeness (QED) is 0.912. The molecule has 0 aliphatic carbocycles. The lowest BCUT2D eigenvalue weighted by atomic mass is 10.2. The molecule has 5 heteroatoms. The normalized spacial score (nSPS) is 10.1. The maximum absolute atomic E-state index is 13.2. The number of carbonyl (C=O) groups excluding carboxylic acids is 1. The van der Waals surface area contributed by atoms with E-state index in [1.807, 2.05) is 0 Å². The van der Waals surface area contributed by atoms with Gasteiger partial charge < -0.3 is 10.1 Å². The number of hydrogen-bond donors (Lipinski definition) is 1. The molecule has 3 nitrogen and oxygen atoms in total. The van der Waals surface area contributed by atoms with Gasteiger partial charge in [-0.15, -0.1) is 0 Å². The molecule has 0 bridgehead atoms. The van der Waals surface area contributed by atoms with E-state index < -0.39 is 5.82 Å². The van der Waals surface area contributed by atoms with Gasteiger partial charge in [-0.1, -0.05) is 24.3 Å². The van der Waals surface area contributed by atoms with Gasteiger partial charge in [0.15, 0.2) is 18.2 Å². The van der Waals surface area contributed by atoms with E-state index in [1.165, 1.54) is 30.3 Å². The number of carbonyl (C=O) groups is 1. The minimum atomic E-state index is -0.515. The van der Waals surface area contributed by atoms with Gasteiger partial charge in [0.2, 0.25) is 0 Å². The molecule has 1 amide bonds. The van der Waals surface area contributed by atoms with Crippen LogP contribution in [0.2, 0.25) is 0 Å². The molecule has 20 heavy (non-hydrogen) atoms. The monoisotopic (exact) mass is 277 g/mol. The Morgan fingerprint density at radius 1 is 1.05 bits per heavy atom. The van der Waals surface area contributed by atoms with Crippen LogP contribution in [-0.4, -0.2) is 12.5 Å². The summed E-state index contributed by atoms with van der Waals surface area (Å²) in [4.78, 5) is 11.5. The minimum absolute atomic E-state index is 0.0319. The predicted molar refractivity (Wildman–Crippen MR) is 70.1 cm³/mol. The third-order valence-corrected chi connectivity index (χ3v) is 2.60. The maximum Gasteiger partial charge on any atom is 0.258 e. The number of rotatable bonds is 5. The van der Waals surface area contributed by atoms with Crippen molar-refractivity contribution >= 4 is 5.91 Å². The Bertz CT molecular complexity index is 585. The van der Waals surface area contributed by atoms with Gasteiger partial charge in [-0.2, -0.15) is 0 Å². The first kappa shape index (κ1) is 14.0. The number of ether oxygens (including phenoxy) is 1. The molecule has 2 aromatic carbocycles. The van der Waals surface area contributed by atoms with Crippen molar-refractivity contribution in [2.75, 3.05) is 6.61 Å². The summed E-state index contributed by atoms with van der Waals surface area (Å²) >= 11 is 0. The highest BCUT2D eigenvalue weighted by Gasteiger charge is 2.06. The maximum atomic E-state index is 13.2. The minimum Gasteiger partial charge on any atom is -0.481 e. The Labute approximate surface area is 115 Å². The number of hydrogen-bond acceptors (Lipinski definition) is 2. The van der Waals surface area contributed by atoms with Gasteiger partial charge in [-0.25, -0.2) is 8.78 Å². The summed E-state index contributed by atoms with van der Waals surface area (Å²) in [7, 11) is 0. The Morgan fingerprint density at radius 2 is 1.75 bits per heavy atom. The van der Waals surface area contributed by atoms with Gasteiger partial charge in [-0.3, -0.25) is 4.79 Å². The Balaban J connectivity index is 1.78. The van der Waals surface area contributed by atoms with Gasteiger partial charge in [0.05, 0.1) is 0 Å². The van der Waals surface area contributed by atoms with E-state index >= 15 is 0 Å². The van der Waals surface area contributed by atoms with Crippen molar-refractivity contribution in [3.63, 3.8) is 0 Å².